The molecule has 0 saturated heterocycles. The quantitative estimate of drug-likeness (QED) is 0.622. The van der Waals surface area contributed by atoms with E-state index >= 15 is 0 Å². The molecule has 0 fully saturated rings. The zero-order chi connectivity index (χ0) is 19.6. The third-order valence-electron chi connectivity index (χ3n) is 4.23. The first-order valence-electron chi connectivity index (χ1n) is 9.01. The van der Waals surface area contributed by atoms with Crippen LogP contribution < -0.4 is 5.32 Å². The molecule has 2 aromatic heterocycles. The minimum atomic E-state index is -0.241. The van der Waals surface area contributed by atoms with Crippen LogP contribution >= 0.6 is 11.6 Å². The summed E-state index contributed by atoms with van der Waals surface area (Å²) in [5.41, 5.74) is 3.40. The van der Waals surface area contributed by atoms with Crippen molar-refractivity contribution in [3.63, 3.8) is 0 Å². The van der Waals surface area contributed by atoms with E-state index in [0.717, 1.165) is 34.7 Å². The lowest BCUT2D eigenvalue weighted by atomic mass is 10.2. The number of nitrogens with zero attached hydrogens (tertiary/aromatic N) is 3. The van der Waals surface area contributed by atoms with Crippen LogP contribution in [0.15, 0.2) is 30.3 Å². The number of aryl methyl sites for hydroxylation is 1. The largest absolute Gasteiger partial charge is 0.343 e. The zero-order valence-electron chi connectivity index (χ0n) is 16.0. The molecule has 1 unspecified atom stereocenters. The number of H-pyrrole nitrogens is 1. The molecule has 0 radical (unpaired) electrons. The summed E-state index contributed by atoms with van der Waals surface area (Å²) in [6.45, 7) is 8.73. The number of rotatable bonds is 6. The maximum absolute atomic E-state index is 12.3. The Morgan fingerprint density at radius 2 is 2.07 bits per heavy atom. The normalized spacial score (nSPS) is 13.0. The molecule has 27 heavy (non-hydrogen) atoms. The number of aromatic amines is 1. The van der Waals surface area contributed by atoms with Crippen molar-refractivity contribution < 1.29 is 4.79 Å². The van der Waals surface area contributed by atoms with Crippen LogP contribution in [0.3, 0.4) is 0 Å². The number of para-hydroxylation sites is 2. The van der Waals surface area contributed by atoms with E-state index in [-0.39, 0.29) is 11.9 Å². The van der Waals surface area contributed by atoms with Gasteiger partial charge in [-0.3, -0.25) is 9.48 Å². The lowest BCUT2D eigenvalue weighted by molar-refractivity contribution is -0.117. The average molecular weight is 386 g/mol. The van der Waals surface area contributed by atoms with Gasteiger partial charge in [-0.15, -0.1) is 0 Å². The Balaban J connectivity index is 1.69. The molecule has 1 amide bonds. The van der Waals surface area contributed by atoms with Gasteiger partial charge in [0.15, 0.2) is 0 Å². The van der Waals surface area contributed by atoms with Crippen LogP contribution in [0.4, 0.5) is 0 Å². The second kappa shape index (κ2) is 7.96. The van der Waals surface area contributed by atoms with Crippen molar-refractivity contribution in [3.05, 3.63) is 52.6 Å². The fraction of sp³-hybridized carbons (Fsp3) is 0.350. The molecular weight excluding hydrogens is 362 g/mol. The molecule has 7 heteroatoms. The summed E-state index contributed by atoms with van der Waals surface area (Å²) in [5, 5.41) is 7.91. The highest BCUT2D eigenvalue weighted by Gasteiger charge is 2.14. The predicted octanol–water partition coefficient (Wildman–Crippen LogP) is 4.27. The molecule has 0 aliphatic carbocycles. The van der Waals surface area contributed by atoms with Gasteiger partial charge in [0.2, 0.25) is 5.91 Å². The predicted molar refractivity (Wildman–Crippen MR) is 108 cm³/mol. The van der Waals surface area contributed by atoms with E-state index in [1.807, 2.05) is 38.1 Å². The number of carbonyl (C=O) groups excluding carboxylic acids is 1. The summed E-state index contributed by atoms with van der Waals surface area (Å²) < 4.78 is 1.77. The first-order valence-corrected chi connectivity index (χ1v) is 9.39. The summed E-state index contributed by atoms with van der Waals surface area (Å²) in [6, 6.07) is 7.53. The van der Waals surface area contributed by atoms with Gasteiger partial charge in [0.05, 0.1) is 22.8 Å². The Bertz CT molecular complexity index is 953. The smallest absolute Gasteiger partial charge is 0.244 e. The van der Waals surface area contributed by atoms with E-state index in [0.29, 0.717) is 11.1 Å². The molecule has 0 bridgehead atoms. The van der Waals surface area contributed by atoms with E-state index in [9.17, 15) is 4.79 Å². The van der Waals surface area contributed by atoms with Gasteiger partial charge in [0, 0.05) is 18.2 Å². The van der Waals surface area contributed by atoms with Crippen molar-refractivity contribution in [2.45, 2.75) is 40.3 Å². The molecule has 1 atom stereocenters. The van der Waals surface area contributed by atoms with Crippen molar-refractivity contribution in [3.8, 4) is 0 Å². The Morgan fingerprint density at radius 1 is 1.33 bits per heavy atom. The standard InChI is InChI=1S/C20H24ClN5O/c1-12(2)11-26-19(21)15(13(3)25-26)9-10-18(27)22-14(4)20-23-16-7-5-6-8-17(16)24-20/h5-10,12,14H,11H2,1-4H3,(H,22,27)(H,23,24)/b10-9+. The highest BCUT2D eigenvalue weighted by atomic mass is 35.5. The SMILES string of the molecule is Cc1nn(CC(C)C)c(Cl)c1/C=C/C(=O)NC(C)c1nc2ccccc2[nH]1. The zero-order valence-corrected chi connectivity index (χ0v) is 16.7. The minimum absolute atomic E-state index is 0.213. The van der Waals surface area contributed by atoms with Crippen molar-refractivity contribution in [1.29, 1.82) is 0 Å². The van der Waals surface area contributed by atoms with Gasteiger partial charge in [-0.2, -0.15) is 5.10 Å². The van der Waals surface area contributed by atoms with Gasteiger partial charge >= 0.3 is 0 Å². The van der Waals surface area contributed by atoms with E-state index in [1.54, 1.807) is 10.8 Å². The molecule has 3 aromatic rings. The number of fused-ring (bicyclic) bond motifs is 1. The van der Waals surface area contributed by atoms with Gasteiger partial charge in [-0.05, 0) is 38.0 Å². The molecule has 142 valence electrons. The molecule has 1 aromatic carbocycles. The molecule has 0 aliphatic rings. The first-order chi connectivity index (χ1) is 12.8. The number of nitrogens with one attached hydrogen (secondary N) is 2. The Hall–Kier alpha value is -2.60. The number of hydrogen-bond donors (Lipinski definition) is 2. The highest BCUT2D eigenvalue weighted by molar-refractivity contribution is 6.31. The third-order valence-corrected chi connectivity index (χ3v) is 4.62. The molecule has 3 rings (SSSR count). The third kappa shape index (κ3) is 4.39. The molecule has 0 saturated carbocycles. The van der Waals surface area contributed by atoms with E-state index in [1.165, 1.54) is 6.08 Å². The summed E-state index contributed by atoms with van der Waals surface area (Å²) in [7, 11) is 0. The number of aromatic nitrogens is 4. The van der Waals surface area contributed by atoms with Gasteiger partial charge in [-0.1, -0.05) is 37.6 Å². The number of benzene rings is 1. The summed E-state index contributed by atoms with van der Waals surface area (Å²) >= 11 is 6.41. The summed E-state index contributed by atoms with van der Waals surface area (Å²) in [4.78, 5) is 20.1. The second-order valence-corrected chi connectivity index (χ2v) is 7.43. The fourth-order valence-electron chi connectivity index (χ4n) is 2.89. The van der Waals surface area contributed by atoms with Crippen molar-refractivity contribution in [1.82, 2.24) is 25.1 Å². The first kappa shape index (κ1) is 19.2. The molecule has 2 N–H and O–H groups in total. The Morgan fingerprint density at radius 3 is 2.78 bits per heavy atom. The van der Waals surface area contributed by atoms with Crippen LogP contribution in [0.25, 0.3) is 17.1 Å². The van der Waals surface area contributed by atoms with Gasteiger partial charge < -0.3 is 10.3 Å². The van der Waals surface area contributed by atoms with E-state index in [2.05, 4.69) is 34.2 Å². The second-order valence-electron chi connectivity index (χ2n) is 7.07. The van der Waals surface area contributed by atoms with Crippen LogP contribution in [0.5, 0.6) is 0 Å². The number of hydrogen-bond acceptors (Lipinski definition) is 3. The van der Waals surface area contributed by atoms with Crippen LogP contribution in [-0.2, 0) is 11.3 Å². The molecule has 2 heterocycles. The van der Waals surface area contributed by atoms with Crippen LogP contribution in [0.2, 0.25) is 5.15 Å². The van der Waals surface area contributed by atoms with Crippen molar-refractivity contribution in [2.75, 3.05) is 0 Å². The lowest BCUT2D eigenvalue weighted by Crippen LogP contribution is -2.25. The molecule has 0 aliphatic heterocycles. The minimum Gasteiger partial charge on any atom is -0.343 e. The number of halogens is 1. The highest BCUT2D eigenvalue weighted by Crippen LogP contribution is 2.22. The van der Waals surface area contributed by atoms with Crippen LogP contribution in [0, 0.1) is 12.8 Å². The topological polar surface area (TPSA) is 75.6 Å². The summed E-state index contributed by atoms with van der Waals surface area (Å²) in [6.07, 6.45) is 3.19. The molecular formula is C20H24ClN5O. The lowest BCUT2D eigenvalue weighted by Gasteiger charge is -2.09. The van der Waals surface area contributed by atoms with Gasteiger partial charge in [0.1, 0.15) is 11.0 Å². The van der Waals surface area contributed by atoms with E-state index in [4.69, 9.17) is 11.6 Å². The number of amides is 1. The monoisotopic (exact) mass is 385 g/mol. The summed E-state index contributed by atoms with van der Waals surface area (Å²) in [5.74, 6) is 0.943. The average Bonchev–Trinajstić information content (AvgIpc) is 3.15. The van der Waals surface area contributed by atoms with Crippen molar-refractivity contribution in [2.24, 2.45) is 5.92 Å². The fourth-order valence-corrected chi connectivity index (χ4v) is 3.20. The van der Waals surface area contributed by atoms with Gasteiger partial charge in [-0.25, -0.2) is 4.98 Å². The van der Waals surface area contributed by atoms with Crippen LogP contribution in [0.1, 0.15) is 43.9 Å². The van der Waals surface area contributed by atoms with Gasteiger partial charge in [0.25, 0.3) is 0 Å². The Labute approximate surface area is 163 Å². The molecule has 0 spiro atoms. The van der Waals surface area contributed by atoms with Crippen LogP contribution in [-0.4, -0.2) is 25.7 Å². The number of imidazole rings is 1. The maximum atomic E-state index is 12.3. The Kier molecular flexibility index (Phi) is 5.65. The van der Waals surface area contributed by atoms with E-state index < -0.39 is 0 Å². The van der Waals surface area contributed by atoms with Crippen molar-refractivity contribution >= 4 is 34.6 Å². The maximum Gasteiger partial charge on any atom is 0.244 e. The number of carbonyl (C=O) groups is 1. The molecule has 6 nitrogen and oxygen atoms in total.